The first-order chi connectivity index (χ1) is 15.2. The highest BCUT2D eigenvalue weighted by atomic mass is 33.1. The molecule has 0 aliphatic rings. The van der Waals surface area contributed by atoms with Crippen molar-refractivity contribution in [3.63, 3.8) is 0 Å². The zero-order valence-electron chi connectivity index (χ0n) is 17.0. The van der Waals surface area contributed by atoms with Crippen LogP contribution in [0.1, 0.15) is 31.8 Å². The Morgan fingerprint density at radius 2 is 1.03 bits per heavy atom. The number of carbonyl (C=O) groups excluding carboxylic acids is 2. The zero-order chi connectivity index (χ0) is 23.7. The Balaban J connectivity index is 1.92. The third kappa shape index (κ3) is 7.49. The van der Waals surface area contributed by atoms with Crippen LogP contribution in [0.25, 0.3) is 0 Å². The van der Waals surface area contributed by atoms with E-state index in [2.05, 4.69) is 0 Å². The Bertz CT molecular complexity index is 859. The van der Waals surface area contributed by atoms with Gasteiger partial charge in [-0.1, -0.05) is 45.9 Å². The van der Waals surface area contributed by atoms with Crippen molar-refractivity contribution in [2.75, 3.05) is 0 Å². The lowest BCUT2D eigenvalue weighted by atomic mass is 10.0. The summed E-state index contributed by atoms with van der Waals surface area (Å²) in [6.45, 7) is 0. The van der Waals surface area contributed by atoms with E-state index in [4.69, 9.17) is 21.7 Å². The zero-order valence-corrected chi connectivity index (χ0v) is 18.6. The monoisotopic (exact) mass is 476 g/mol. The largest absolute Gasteiger partial charge is 0.478 e. The molecule has 0 aliphatic heterocycles. The van der Waals surface area contributed by atoms with Gasteiger partial charge in [0.2, 0.25) is 0 Å². The van der Waals surface area contributed by atoms with E-state index in [-0.39, 0.29) is 11.1 Å². The molecule has 0 aliphatic carbocycles. The highest BCUT2D eigenvalue weighted by Crippen LogP contribution is 2.33. The number of carboxylic acid groups (broad SMARTS) is 2. The summed E-state index contributed by atoms with van der Waals surface area (Å²) in [4.78, 5) is 45.0. The molecule has 2 aromatic rings. The molecule has 0 aromatic heterocycles. The van der Waals surface area contributed by atoms with E-state index in [1.165, 1.54) is 45.9 Å². The molecule has 0 saturated carbocycles. The molecule has 0 saturated heterocycles. The summed E-state index contributed by atoms with van der Waals surface area (Å²) in [6.07, 6.45) is 2.19. The molecule has 0 amide bonds. The van der Waals surface area contributed by atoms with Crippen molar-refractivity contribution in [2.45, 2.75) is 35.4 Å². The van der Waals surface area contributed by atoms with Crippen molar-refractivity contribution >= 4 is 46.1 Å². The number of carbonyl (C=O) groups is 4. The van der Waals surface area contributed by atoms with Crippen molar-refractivity contribution in [1.82, 2.24) is 0 Å². The lowest BCUT2D eigenvalue weighted by molar-refractivity contribution is -0.108. The fourth-order valence-corrected chi connectivity index (χ4v) is 5.59. The van der Waals surface area contributed by atoms with E-state index in [1.54, 1.807) is 24.3 Å². The van der Waals surface area contributed by atoms with E-state index in [0.717, 1.165) is 23.7 Å². The number of hydrogen-bond donors (Lipinski definition) is 4. The second kappa shape index (κ2) is 12.4. The normalized spacial score (nSPS) is 14.7. The van der Waals surface area contributed by atoms with Gasteiger partial charge in [0, 0.05) is 12.1 Å². The van der Waals surface area contributed by atoms with Crippen molar-refractivity contribution in [2.24, 2.45) is 11.5 Å². The van der Waals surface area contributed by atoms with Crippen molar-refractivity contribution in [3.05, 3.63) is 70.8 Å². The molecule has 8 nitrogen and oxygen atoms in total. The van der Waals surface area contributed by atoms with Gasteiger partial charge in [-0.2, -0.15) is 0 Å². The third-order valence-electron chi connectivity index (χ3n) is 4.73. The molecule has 2 aromatic carbocycles. The summed E-state index contributed by atoms with van der Waals surface area (Å²) in [5.74, 6) is -2.04. The molecule has 32 heavy (non-hydrogen) atoms. The first-order valence-corrected chi connectivity index (χ1v) is 11.9. The van der Waals surface area contributed by atoms with Crippen LogP contribution >= 0.6 is 21.6 Å². The van der Waals surface area contributed by atoms with Crippen LogP contribution in [0.5, 0.6) is 0 Å². The highest BCUT2D eigenvalue weighted by Gasteiger charge is 2.24. The van der Waals surface area contributed by atoms with Gasteiger partial charge in [-0.15, -0.1) is 0 Å². The SMILES string of the molecule is N[C@@H](Cc1ccc(C(=O)O)cc1)C(C=O)SS[C@H](C=O)[C@@H](N)Cc1ccc(C(=O)O)cc1. The maximum absolute atomic E-state index is 11.6. The lowest BCUT2D eigenvalue weighted by Crippen LogP contribution is -2.37. The third-order valence-corrected chi connectivity index (χ3v) is 7.88. The smallest absolute Gasteiger partial charge is 0.335 e. The molecule has 10 heteroatoms. The quantitative estimate of drug-likeness (QED) is 0.249. The molecule has 0 radical (unpaired) electrons. The number of nitrogens with two attached hydrogens (primary N) is 2. The van der Waals surface area contributed by atoms with E-state index in [0.29, 0.717) is 12.8 Å². The lowest BCUT2D eigenvalue weighted by Gasteiger charge is -2.22. The summed E-state index contributed by atoms with van der Waals surface area (Å²) in [5, 5.41) is 16.7. The van der Waals surface area contributed by atoms with Crippen molar-refractivity contribution in [1.29, 1.82) is 0 Å². The van der Waals surface area contributed by atoms with Crippen LogP contribution in [0.4, 0.5) is 0 Å². The van der Waals surface area contributed by atoms with Gasteiger partial charge in [-0.3, -0.25) is 0 Å². The van der Waals surface area contributed by atoms with E-state index in [9.17, 15) is 19.2 Å². The van der Waals surface area contributed by atoms with Gasteiger partial charge in [-0.25, -0.2) is 9.59 Å². The summed E-state index contributed by atoms with van der Waals surface area (Å²) >= 11 is 0. The van der Waals surface area contributed by atoms with E-state index < -0.39 is 34.5 Å². The standard InChI is InChI=1S/C22H24N2O6S2/c23-17(9-13-1-5-15(6-2-13)21(27)28)19(11-25)31-32-20(12-26)18(24)10-14-3-7-16(8-4-14)22(29)30/h1-8,11-12,17-20H,9-10,23-24H2,(H,27,28)(H,29,30)/t17-,18-,19+,20?/m0/s1. The summed E-state index contributed by atoms with van der Waals surface area (Å²) in [5.41, 5.74) is 14.3. The minimum Gasteiger partial charge on any atom is -0.478 e. The fraction of sp³-hybridized carbons (Fsp3) is 0.273. The topological polar surface area (TPSA) is 161 Å². The van der Waals surface area contributed by atoms with Gasteiger partial charge in [-0.05, 0) is 48.2 Å². The van der Waals surface area contributed by atoms with Gasteiger partial charge >= 0.3 is 11.9 Å². The first kappa shape index (κ1) is 25.6. The molecule has 0 bridgehead atoms. The Hall–Kier alpha value is -2.66. The predicted molar refractivity (Wildman–Crippen MR) is 125 cm³/mol. The van der Waals surface area contributed by atoms with Crippen LogP contribution in [0.15, 0.2) is 48.5 Å². The number of aldehydes is 2. The van der Waals surface area contributed by atoms with Crippen LogP contribution < -0.4 is 11.5 Å². The Labute approximate surface area is 193 Å². The predicted octanol–water partition coefficient (Wildman–Crippen LogP) is 2.04. The second-order valence-corrected chi connectivity index (χ2v) is 9.76. The van der Waals surface area contributed by atoms with Gasteiger partial charge in [0.15, 0.2) is 0 Å². The van der Waals surface area contributed by atoms with Crippen LogP contribution in [0.2, 0.25) is 0 Å². The maximum atomic E-state index is 11.6. The molecular formula is C22H24N2O6S2. The van der Waals surface area contributed by atoms with Gasteiger partial charge in [0.1, 0.15) is 12.6 Å². The van der Waals surface area contributed by atoms with Crippen molar-refractivity contribution in [3.8, 4) is 0 Å². The van der Waals surface area contributed by atoms with Crippen LogP contribution in [0.3, 0.4) is 0 Å². The number of aromatic carboxylic acids is 2. The van der Waals surface area contributed by atoms with Gasteiger partial charge < -0.3 is 31.3 Å². The molecule has 1 unspecified atom stereocenters. The summed E-state index contributed by atoms with van der Waals surface area (Å²) in [6, 6.07) is 11.5. The molecule has 170 valence electrons. The first-order valence-electron chi connectivity index (χ1n) is 9.63. The van der Waals surface area contributed by atoms with Crippen LogP contribution in [-0.4, -0.2) is 57.3 Å². The minimum absolute atomic E-state index is 0.166. The Morgan fingerprint density at radius 1 is 0.719 bits per heavy atom. The van der Waals surface area contributed by atoms with E-state index >= 15 is 0 Å². The Kier molecular flexibility index (Phi) is 9.92. The molecule has 0 fully saturated rings. The number of hydrogen-bond acceptors (Lipinski definition) is 8. The second-order valence-electron chi connectivity index (χ2n) is 7.13. The maximum Gasteiger partial charge on any atom is 0.335 e. The molecule has 6 N–H and O–H groups in total. The van der Waals surface area contributed by atoms with Crippen molar-refractivity contribution < 1.29 is 29.4 Å². The Morgan fingerprint density at radius 3 is 1.28 bits per heavy atom. The number of rotatable bonds is 13. The number of benzene rings is 2. The molecule has 0 heterocycles. The average molecular weight is 477 g/mol. The fourth-order valence-electron chi connectivity index (χ4n) is 2.86. The average Bonchev–Trinajstić information content (AvgIpc) is 2.77. The van der Waals surface area contributed by atoms with Crippen LogP contribution in [-0.2, 0) is 22.4 Å². The summed E-state index contributed by atoms with van der Waals surface area (Å²) in [7, 11) is 2.35. The van der Waals surface area contributed by atoms with Crippen LogP contribution in [0, 0.1) is 0 Å². The molecule has 0 spiro atoms. The minimum atomic E-state index is -1.02. The van der Waals surface area contributed by atoms with E-state index in [1.807, 2.05) is 0 Å². The highest BCUT2D eigenvalue weighted by molar-refractivity contribution is 8.77. The molecular weight excluding hydrogens is 452 g/mol. The van der Waals surface area contributed by atoms with Gasteiger partial charge in [0.05, 0.1) is 21.6 Å². The molecule has 4 atom stereocenters. The summed E-state index contributed by atoms with van der Waals surface area (Å²) < 4.78 is 0. The number of carboxylic acids is 2. The van der Waals surface area contributed by atoms with Gasteiger partial charge in [0.25, 0.3) is 0 Å². The molecule has 2 rings (SSSR count).